The van der Waals surface area contributed by atoms with E-state index in [4.69, 9.17) is 5.84 Å². The molecule has 0 spiro atoms. The minimum Gasteiger partial charge on any atom is -0.380 e. The summed E-state index contributed by atoms with van der Waals surface area (Å²) in [6, 6.07) is 24.1. The number of anilines is 1. The second kappa shape index (κ2) is 7.42. The van der Waals surface area contributed by atoms with Crippen molar-refractivity contribution < 1.29 is 4.39 Å². The smallest absolute Gasteiger partial charge is 0.124 e. The van der Waals surface area contributed by atoms with Crippen LogP contribution in [0.1, 0.15) is 16.7 Å². The van der Waals surface area contributed by atoms with E-state index in [0.717, 1.165) is 16.8 Å². The van der Waals surface area contributed by atoms with E-state index in [-0.39, 0.29) is 5.82 Å². The number of nitrogens with zero attached hydrogens (tertiary/aromatic N) is 1. The predicted molar refractivity (Wildman–Crippen MR) is 96.4 cm³/mol. The lowest BCUT2D eigenvalue weighted by Crippen LogP contribution is -2.11. The molecule has 0 saturated carbocycles. The van der Waals surface area contributed by atoms with Crippen molar-refractivity contribution in [2.75, 3.05) is 5.32 Å². The fraction of sp³-hybridized carbons (Fsp3) is 0.0500. The van der Waals surface area contributed by atoms with Crippen molar-refractivity contribution in [2.45, 2.75) is 6.54 Å². The number of benzene rings is 3. The quantitative estimate of drug-likeness (QED) is 0.422. The van der Waals surface area contributed by atoms with Crippen molar-refractivity contribution in [2.24, 2.45) is 10.9 Å². The van der Waals surface area contributed by atoms with E-state index in [1.165, 1.54) is 12.1 Å². The first-order valence-electron chi connectivity index (χ1n) is 7.69. The molecule has 3 rings (SSSR count). The van der Waals surface area contributed by atoms with Gasteiger partial charge in [-0.25, -0.2) is 4.39 Å². The summed E-state index contributed by atoms with van der Waals surface area (Å²) >= 11 is 0. The first-order chi connectivity index (χ1) is 11.8. The van der Waals surface area contributed by atoms with Crippen LogP contribution in [0.15, 0.2) is 84.0 Å². The number of nitrogens with two attached hydrogens (primary N) is 1. The van der Waals surface area contributed by atoms with Gasteiger partial charge in [0.1, 0.15) is 5.82 Å². The minimum absolute atomic E-state index is 0.327. The summed E-state index contributed by atoms with van der Waals surface area (Å²) in [6.07, 6.45) is 0. The molecule has 0 radical (unpaired) electrons. The number of hydrogen-bond donors (Lipinski definition) is 2. The Balaban J connectivity index is 1.93. The average Bonchev–Trinajstić information content (AvgIpc) is 2.63. The molecule has 3 N–H and O–H groups in total. The summed E-state index contributed by atoms with van der Waals surface area (Å²) in [6.45, 7) is 0.631. The number of rotatable bonds is 5. The predicted octanol–water partition coefficient (Wildman–Crippen LogP) is 4.15. The van der Waals surface area contributed by atoms with Crippen LogP contribution in [0.4, 0.5) is 10.1 Å². The van der Waals surface area contributed by atoms with E-state index in [9.17, 15) is 4.39 Å². The zero-order valence-corrected chi connectivity index (χ0v) is 13.1. The van der Waals surface area contributed by atoms with Crippen molar-refractivity contribution in [3.05, 3.63) is 101 Å². The lowest BCUT2D eigenvalue weighted by molar-refractivity contribution is 0.627. The fourth-order valence-corrected chi connectivity index (χ4v) is 2.56. The SMILES string of the molecule is NN=C(c1ccccc1)c1cc(F)ccc1NCc1ccccc1. The molecule has 3 aromatic carbocycles. The maximum absolute atomic E-state index is 13.8. The van der Waals surface area contributed by atoms with Crippen molar-refractivity contribution in [1.29, 1.82) is 0 Å². The molecule has 0 aliphatic heterocycles. The molecule has 24 heavy (non-hydrogen) atoms. The first-order valence-corrected chi connectivity index (χ1v) is 7.69. The van der Waals surface area contributed by atoms with Gasteiger partial charge in [-0.3, -0.25) is 0 Å². The van der Waals surface area contributed by atoms with Gasteiger partial charge in [-0.1, -0.05) is 60.7 Å². The molecule has 0 heterocycles. The Bertz CT molecular complexity index is 830. The van der Waals surface area contributed by atoms with Gasteiger partial charge in [0.15, 0.2) is 0 Å². The molecule has 0 bridgehead atoms. The van der Waals surface area contributed by atoms with Gasteiger partial charge in [-0.15, -0.1) is 0 Å². The zero-order valence-electron chi connectivity index (χ0n) is 13.1. The van der Waals surface area contributed by atoms with Gasteiger partial charge < -0.3 is 11.2 Å². The molecular formula is C20H18FN3. The topological polar surface area (TPSA) is 50.4 Å². The van der Waals surface area contributed by atoms with Gasteiger partial charge in [0.2, 0.25) is 0 Å². The summed E-state index contributed by atoms with van der Waals surface area (Å²) in [5.74, 6) is 5.27. The van der Waals surface area contributed by atoms with E-state index < -0.39 is 0 Å². The lowest BCUT2D eigenvalue weighted by atomic mass is 10.0. The van der Waals surface area contributed by atoms with Gasteiger partial charge in [0.25, 0.3) is 0 Å². The van der Waals surface area contributed by atoms with Crippen molar-refractivity contribution in [3.63, 3.8) is 0 Å². The zero-order chi connectivity index (χ0) is 16.8. The Morgan fingerprint density at radius 2 is 1.58 bits per heavy atom. The van der Waals surface area contributed by atoms with Gasteiger partial charge >= 0.3 is 0 Å². The van der Waals surface area contributed by atoms with Gasteiger partial charge in [0, 0.05) is 23.4 Å². The number of hydrazone groups is 1. The molecule has 0 atom stereocenters. The Labute approximate surface area is 140 Å². The highest BCUT2D eigenvalue weighted by Gasteiger charge is 2.13. The molecule has 0 amide bonds. The Morgan fingerprint density at radius 3 is 2.25 bits per heavy atom. The molecule has 3 nitrogen and oxygen atoms in total. The average molecular weight is 319 g/mol. The van der Waals surface area contributed by atoms with E-state index in [1.807, 2.05) is 60.7 Å². The van der Waals surface area contributed by atoms with Crippen LogP contribution >= 0.6 is 0 Å². The van der Waals surface area contributed by atoms with Crippen molar-refractivity contribution >= 4 is 11.4 Å². The van der Waals surface area contributed by atoms with E-state index in [2.05, 4.69) is 10.4 Å². The molecule has 120 valence electrons. The summed E-state index contributed by atoms with van der Waals surface area (Å²) in [4.78, 5) is 0. The summed E-state index contributed by atoms with van der Waals surface area (Å²) in [7, 11) is 0. The maximum atomic E-state index is 13.8. The highest BCUT2D eigenvalue weighted by Crippen LogP contribution is 2.22. The maximum Gasteiger partial charge on any atom is 0.124 e. The highest BCUT2D eigenvalue weighted by molar-refractivity contribution is 6.15. The largest absolute Gasteiger partial charge is 0.380 e. The molecule has 3 aromatic rings. The van der Waals surface area contributed by atoms with Gasteiger partial charge in [0.05, 0.1) is 5.71 Å². The second-order valence-electron chi connectivity index (χ2n) is 5.37. The summed E-state index contributed by atoms with van der Waals surface area (Å²) in [5, 5.41) is 7.23. The number of nitrogens with one attached hydrogen (secondary N) is 1. The second-order valence-corrected chi connectivity index (χ2v) is 5.37. The van der Waals surface area contributed by atoms with E-state index in [1.54, 1.807) is 6.07 Å². The normalized spacial score (nSPS) is 11.3. The van der Waals surface area contributed by atoms with E-state index in [0.29, 0.717) is 17.8 Å². The third kappa shape index (κ3) is 3.60. The summed E-state index contributed by atoms with van der Waals surface area (Å²) in [5.41, 5.74) is 3.95. The Kier molecular flexibility index (Phi) is 4.87. The molecule has 0 saturated heterocycles. The van der Waals surface area contributed by atoms with Crippen LogP contribution in [0.2, 0.25) is 0 Å². The molecule has 0 aliphatic carbocycles. The van der Waals surface area contributed by atoms with Gasteiger partial charge in [-0.05, 0) is 23.8 Å². The van der Waals surface area contributed by atoms with Crippen LogP contribution in [-0.2, 0) is 6.54 Å². The minimum atomic E-state index is -0.327. The molecular weight excluding hydrogens is 301 g/mol. The molecule has 0 fully saturated rings. The Hall–Kier alpha value is -3.14. The van der Waals surface area contributed by atoms with Crippen LogP contribution in [0.5, 0.6) is 0 Å². The monoisotopic (exact) mass is 319 g/mol. The first kappa shape index (κ1) is 15.7. The van der Waals surface area contributed by atoms with Crippen LogP contribution in [0, 0.1) is 5.82 Å². The molecule has 0 unspecified atom stereocenters. The molecule has 4 heteroatoms. The third-order valence-electron chi connectivity index (χ3n) is 3.74. The summed E-state index contributed by atoms with van der Waals surface area (Å²) < 4.78 is 13.8. The standard InChI is InChI=1S/C20H18FN3/c21-17-11-12-19(23-14-15-7-3-1-4-8-15)18(13-17)20(24-22)16-9-5-2-6-10-16/h1-13,23H,14,22H2. The third-order valence-corrected chi connectivity index (χ3v) is 3.74. The highest BCUT2D eigenvalue weighted by atomic mass is 19.1. The molecule has 0 aromatic heterocycles. The fourth-order valence-electron chi connectivity index (χ4n) is 2.56. The van der Waals surface area contributed by atoms with Crippen molar-refractivity contribution in [3.8, 4) is 0 Å². The van der Waals surface area contributed by atoms with Crippen molar-refractivity contribution in [1.82, 2.24) is 0 Å². The Morgan fingerprint density at radius 1 is 0.917 bits per heavy atom. The number of halogens is 1. The molecule has 0 aliphatic rings. The van der Waals surface area contributed by atoms with E-state index >= 15 is 0 Å². The lowest BCUT2D eigenvalue weighted by Gasteiger charge is -2.14. The van der Waals surface area contributed by atoms with Crippen LogP contribution < -0.4 is 11.2 Å². The van der Waals surface area contributed by atoms with Crippen LogP contribution in [0.3, 0.4) is 0 Å². The van der Waals surface area contributed by atoms with Crippen LogP contribution in [0.25, 0.3) is 0 Å². The van der Waals surface area contributed by atoms with Crippen LogP contribution in [-0.4, -0.2) is 5.71 Å². The van der Waals surface area contributed by atoms with Gasteiger partial charge in [-0.2, -0.15) is 5.10 Å². The number of hydrogen-bond acceptors (Lipinski definition) is 3.